The smallest absolute Gasteiger partial charge is 0.223 e. The first-order chi connectivity index (χ1) is 11.1. The van der Waals surface area contributed by atoms with Gasteiger partial charge in [0, 0.05) is 19.6 Å². The standard InChI is InChI=1S/C20H35NO2/c1-4-6-16(7-5-2)19(22)21-13-20(23-3)17-9-14-8-15(11-17)12-18(20)10-14/h14-18H,4-13H2,1-3H3,(H,21,22). The molecule has 0 atom stereocenters. The number of hydrogen-bond donors (Lipinski definition) is 1. The first kappa shape index (κ1) is 17.3. The molecule has 4 aliphatic rings. The molecule has 0 aromatic heterocycles. The Kier molecular flexibility index (Phi) is 5.35. The highest BCUT2D eigenvalue weighted by molar-refractivity contribution is 5.78. The molecule has 4 aliphatic carbocycles. The number of methoxy groups -OCH3 is 1. The maximum absolute atomic E-state index is 12.7. The fourth-order valence-corrected chi connectivity index (χ4v) is 6.15. The molecule has 23 heavy (non-hydrogen) atoms. The predicted molar refractivity (Wildman–Crippen MR) is 93.1 cm³/mol. The fourth-order valence-electron chi connectivity index (χ4n) is 6.15. The number of rotatable bonds is 8. The number of carbonyl (C=O) groups is 1. The first-order valence-electron chi connectivity index (χ1n) is 9.95. The number of carbonyl (C=O) groups excluding carboxylic acids is 1. The second-order valence-electron chi connectivity index (χ2n) is 8.46. The molecule has 0 heterocycles. The summed E-state index contributed by atoms with van der Waals surface area (Å²) in [4.78, 5) is 12.7. The van der Waals surface area contributed by atoms with Crippen LogP contribution in [0, 0.1) is 29.6 Å². The summed E-state index contributed by atoms with van der Waals surface area (Å²) in [7, 11) is 1.88. The third-order valence-corrected chi connectivity index (χ3v) is 7.08. The molecule has 0 aliphatic heterocycles. The molecule has 1 amide bonds. The van der Waals surface area contributed by atoms with E-state index in [2.05, 4.69) is 19.2 Å². The van der Waals surface area contributed by atoms with Crippen molar-refractivity contribution < 1.29 is 9.53 Å². The minimum atomic E-state index is -0.0773. The Morgan fingerprint density at radius 1 is 1.04 bits per heavy atom. The van der Waals surface area contributed by atoms with E-state index >= 15 is 0 Å². The van der Waals surface area contributed by atoms with Crippen LogP contribution in [0.5, 0.6) is 0 Å². The molecule has 3 heteroatoms. The lowest BCUT2D eigenvalue weighted by atomic mass is 9.49. The molecule has 0 radical (unpaired) electrons. The molecule has 3 nitrogen and oxygen atoms in total. The van der Waals surface area contributed by atoms with Gasteiger partial charge in [0.1, 0.15) is 0 Å². The van der Waals surface area contributed by atoms with E-state index in [0.717, 1.165) is 44.1 Å². The van der Waals surface area contributed by atoms with Gasteiger partial charge in [-0.1, -0.05) is 26.7 Å². The van der Waals surface area contributed by atoms with Crippen molar-refractivity contribution in [2.75, 3.05) is 13.7 Å². The van der Waals surface area contributed by atoms with E-state index in [1.807, 2.05) is 7.11 Å². The quantitative estimate of drug-likeness (QED) is 0.729. The Labute approximate surface area is 141 Å². The first-order valence-corrected chi connectivity index (χ1v) is 9.95. The number of ether oxygens (including phenoxy) is 1. The van der Waals surface area contributed by atoms with Gasteiger partial charge in [-0.05, 0) is 68.6 Å². The van der Waals surface area contributed by atoms with Crippen molar-refractivity contribution in [2.45, 2.75) is 77.2 Å². The van der Waals surface area contributed by atoms with E-state index in [4.69, 9.17) is 4.74 Å². The highest BCUT2D eigenvalue weighted by Crippen LogP contribution is 2.59. The lowest BCUT2D eigenvalue weighted by molar-refractivity contribution is -0.188. The van der Waals surface area contributed by atoms with E-state index in [1.165, 1.54) is 32.1 Å². The zero-order chi connectivity index (χ0) is 16.4. The van der Waals surface area contributed by atoms with E-state index in [-0.39, 0.29) is 17.4 Å². The van der Waals surface area contributed by atoms with Crippen LogP contribution in [0.25, 0.3) is 0 Å². The van der Waals surface area contributed by atoms with Crippen LogP contribution in [0.2, 0.25) is 0 Å². The highest BCUT2D eigenvalue weighted by Gasteiger charge is 2.57. The van der Waals surface area contributed by atoms with E-state index in [0.29, 0.717) is 11.8 Å². The normalized spacial score (nSPS) is 38.3. The minimum absolute atomic E-state index is 0.0773. The summed E-state index contributed by atoms with van der Waals surface area (Å²) in [6.45, 7) is 5.08. The molecular formula is C20H35NO2. The average molecular weight is 322 g/mol. The summed E-state index contributed by atoms with van der Waals surface area (Å²) in [5.74, 6) is 3.66. The summed E-state index contributed by atoms with van der Waals surface area (Å²) >= 11 is 0. The Balaban J connectivity index is 1.64. The van der Waals surface area contributed by atoms with Crippen LogP contribution in [0.15, 0.2) is 0 Å². The van der Waals surface area contributed by atoms with Crippen molar-refractivity contribution >= 4 is 5.91 Å². The maximum Gasteiger partial charge on any atom is 0.223 e. The molecule has 132 valence electrons. The van der Waals surface area contributed by atoms with Crippen molar-refractivity contribution in [2.24, 2.45) is 29.6 Å². The van der Waals surface area contributed by atoms with Gasteiger partial charge in [-0.25, -0.2) is 0 Å². The molecule has 1 N–H and O–H groups in total. The second-order valence-corrected chi connectivity index (χ2v) is 8.46. The minimum Gasteiger partial charge on any atom is -0.376 e. The van der Waals surface area contributed by atoms with Gasteiger partial charge in [0.05, 0.1) is 5.60 Å². The number of amides is 1. The van der Waals surface area contributed by atoms with Gasteiger partial charge >= 0.3 is 0 Å². The zero-order valence-electron chi connectivity index (χ0n) is 15.3. The van der Waals surface area contributed by atoms with E-state index in [9.17, 15) is 4.79 Å². The van der Waals surface area contributed by atoms with Gasteiger partial charge in [0.25, 0.3) is 0 Å². The summed E-state index contributed by atoms with van der Waals surface area (Å²) in [6, 6.07) is 0. The third kappa shape index (κ3) is 3.18. The van der Waals surface area contributed by atoms with Crippen molar-refractivity contribution in [1.82, 2.24) is 5.32 Å². The molecule has 4 fully saturated rings. The molecule has 0 spiro atoms. The van der Waals surface area contributed by atoms with Gasteiger partial charge in [0.15, 0.2) is 0 Å². The second kappa shape index (κ2) is 7.13. The largest absolute Gasteiger partial charge is 0.376 e. The van der Waals surface area contributed by atoms with Crippen LogP contribution in [0.3, 0.4) is 0 Å². The van der Waals surface area contributed by atoms with Crippen LogP contribution < -0.4 is 5.32 Å². The molecule has 0 aromatic carbocycles. The Hall–Kier alpha value is -0.570. The lowest BCUT2D eigenvalue weighted by Crippen LogP contribution is -2.63. The molecule has 0 saturated heterocycles. The van der Waals surface area contributed by atoms with Gasteiger partial charge in [0.2, 0.25) is 5.91 Å². The van der Waals surface area contributed by atoms with Gasteiger partial charge in [-0.3, -0.25) is 4.79 Å². The number of hydrogen-bond acceptors (Lipinski definition) is 2. The van der Waals surface area contributed by atoms with Crippen LogP contribution >= 0.6 is 0 Å². The number of nitrogens with one attached hydrogen (secondary N) is 1. The lowest BCUT2D eigenvalue weighted by Gasteiger charge is -2.60. The summed E-state index contributed by atoms with van der Waals surface area (Å²) in [5.41, 5.74) is -0.0773. The van der Waals surface area contributed by atoms with E-state index < -0.39 is 0 Å². The van der Waals surface area contributed by atoms with Crippen LogP contribution in [0.4, 0.5) is 0 Å². The molecule has 4 bridgehead atoms. The molecule has 4 saturated carbocycles. The molecule has 4 rings (SSSR count). The molecular weight excluding hydrogens is 286 g/mol. The summed E-state index contributed by atoms with van der Waals surface area (Å²) in [6.07, 6.45) is 10.9. The van der Waals surface area contributed by atoms with Crippen molar-refractivity contribution in [3.8, 4) is 0 Å². The summed E-state index contributed by atoms with van der Waals surface area (Å²) < 4.78 is 6.15. The van der Waals surface area contributed by atoms with Crippen LogP contribution in [-0.2, 0) is 9.53 Å². The van der Waals surface area contributed by atoms with Crippen molar-refractivity contribution in [1.29, 1.82) is 0 Å². The van der Waals surface area contributed by atoms with Gasteiger partial charge < -0.3 is 10.1 Å². The Morgan fingerprint density at radius 2 is 1.57 bits per heavy atom. The highest BCUT2D eigenvalue weighted by atomic mass is 16.5. The maximum atomic E-state index is 12.7. The zero-order valence-corrected chi connectivity index (χ0v) is 15.3. The van der Waals surface area contributed by atoms with Crippen molar-refractivity contribution in [3.05, 3.63) is 0 Å². The van der Waals surface area contributed by atoms with Gasteiger partial charge in [-0.15, -0.1) is 0 Å². The van der Waals surface area contributed by atoms with Gasteiger partial charge in [-0.2, -0.15) is 0 Å². The predicted octanol–water partition coefficient (Wildman–Crippen LogP) is 4.16. The third-order valence-electron chi connectivity index (χ3n) is 7.08. The van der Waals surface area contributed by atoms with Crippen LogP contribution in [-0.4, -0.2) is 25.2 Å². The monoisotopic (exact) mass is 321 g/mol. The van der Waals surface area contributed by atoms with E-state index in [1.54, 1.807) is 0 Å². The molecule has 0 unspecified atom stereocenters. The molecule has 0 aromatic rings. The Morgan fingerprint density at radius 3 is 2.00 bits per heavy atom. The van der Waals surface area contributed by atoms with Crippen LogP contribution in [0.1, 0.15) is 71.6 Å². The average Bonchev–Trinajstić information content (AvgIpc) is 2.54. The SMILES string of the molecule is CCCC(CCC)C(=O)NCC1(OC)C2CC3CC(C2)CC1C3. The van der Waals surface area contributed by atoms with Crippen molar-refractivity contribution in [3.63, 3.8) is 0 Å². The Bertz CT molecular complexity index is 386. The topological polar surface area (TPSA) is 38.3 Å². The summed E-state index contributed by atoms with van der Waals surface area (Å²) in [5, 5.41) is 3.31. The fraction of sp³-hybridized carbons (Fsp3) is 0.950.